The highest BCUT2D eigenvalue weighted by Gasteiger charge is 2.42. The molecule has 292 valence electrons. The quantitative estimate of drug-likeness (QED) is 0.0427. The van der Waals surface area contributed by atoms with Crippen LogP contribution < -0.4 is 26.1 Å². The van der Waals surface area contributed by atoms with Gasteiger partial charge in [-0.15, -0.1) is 0 Å². The summed E-state index contributed by atoms with van der Waals surface area (Å²) in [6, 6.07) is 12.1. The second-order valence-corrected chi connectivity index (χ2v) is 18.1. The number of amides is 4. The number of carbonyl (C=O) groups is 3. The van der Waals surface area contributed by atoms with E-state index in [0.717, 1.165) is 72.1 Å². The van der Waals surface area contributed by atoms with Crippen molar-refractivity contribution in [2.45, 2.75) is 139 Å². The predicted octanol–water partition coefficient (Wildman–Crippen LogP) is 6.43. The van der Waals surface area contributed by atoms with Crippen LogP contribution in [0.15, 0.2) is 46.4 Å². The normalized spacial score (nSPS) is 18.4. The molecule has 0 radical (unpaired) electrons. The first kappa shape index (κ1) is 42.2. The summed E-state index contributed by atoms with van der Waals surface area (Å²) < 4.78 is 27.1. The number of sulfonamides is 1. The first-order valence-electron chi connectivity index (χ1n) is 19.3. The molecule has 2 aliphatic heterocycles. The summed E-state index contributed by atoms with van der Waals surface area (Å²) >= 11 is 1.90. The van der Waals surface area contributed by atoms with Crippen LogP contribution in [0.5, 0.6) is 0 Å². The third kappa shape index (κ3) is 12.8. The number of urea groups is 1. The first-order chi connectivity index (χ1) is 25.2. The molecule has 2 saturated heterocycles. The van der Waals surface area contributed by atoms with Gasteiger partial charge in [0.25, 0.3) is 10.0 Å². The van der Waals surface area contributed by atoms with Crippen molar-refractivity contribution in [2.24, 2.45) is 5.10 Å². The molecule has 2 aromatic rings. The lowest BCUT2D eigenvalue weighted by molar-refractivity contribution is -0.122. The number of fused-ring (bicyclic) bond motifs is 1. The van der Waals surface area contributed by atoms with Crippen LogP contribution in [-0.4, -0.2) is 68.7 Å². The first-order valence-corrected chi connectivity index (χ1v) is 21.8. The highest BCUT2D eigenvalue weighted by molar-refractivity contribution is 8.00. The molecule has 0 bridgehead atoms. The van der Waals surface area contributed by atoms with Crippen molar-refractivity contribution in [1.82, 2.24) is 26.1 Å². The van der Waals surface area contributed by atoms with E-state index in [2.05, 4.69) is 45.0 Å². The van der Waals surface area contributed by atoms with Crippen LogP contribution in [-0.2, 0) is 26.0 Å². The third-order valence-electron chi connectivity index (χ3n) is 9.93. The molecule has 2 fully saturated rings. The van der Waals surface area contributed by atoms with E-state index in [0.29, 0.717) is 42.5 Å². The van der Waals surface area contributed by atoms with Gasteiger partial charge in [0.2, 0.25) is 11.8 Å². The van der Waals surface area contributed by atoms with E-state index in [4.69, 9.17) is 0 Å². The van der Waals surface area contributed by atoms with Gasteiger partial charge in [0.15, 0.2) is 0 Å². The molecule has 11 nitrogen and oxygen atoms in total. The van der Waals surface area contributed by atoms with Crippen LogP contribution in [0.4, 0.5) is 4.79 Å². The summed E-state index contributed by atoms with van der Waals surface area (Å²) in [6.45, 7) is 13.4. The van der Waals surface area contributed by atoms with Crippen molar-refractivity contribution in [2.75, 3.05) is 18.8 Å². The monoisotopic (exact) mass is 768 g/mol. The van der Waals surface area contributed by atoms with Gasteiger partial charge in [-0.25, -0.2) is 9.63 Å². The molecular formula is C40H60N6O5S2. The van der Waals surface area contributed by atoms with Crippen molar-refractivity contribution in [3.8, 4) is 0 Å². The SMILES string of the molecule is CC(C)c1cc(C(C)C)c(S(=O)(=O)N/N=C/c2ccc(CCNC(=O)CCCCCNC(=O)CCCC[C@@H]3SC[C@@H]4NC(=O)N[C@@H]43)cc2)c(C(C)C)c1. The number of unbranched alkanes of at least 4 members (excludes halogenated alkanes) is 3. The molecule has 53 heavy (non-hydrogen) atoms. The topological polar surface area (TPSA) is 158 Å². The molecule has 4 rings (SSSR count). The molecule has 13 heteroatoms. The second kappa shape index (κ2) is 20.2. The Bertz CT molecular complexity index is 1650. The van der Waals surface area contributed by atoms with Crippen LogP contribution in [0.1, 0.15) is 138 Å². The molecule has 0 unspecified atom stereocenters. The molecule has 2 heterocycles. The maximum atomic E-state index is 13.5. The van der Waals surface area contributed by atoms with Crippen LogP contribution >= 0.6 is 11.8 Å². The summed E-state index contributed by atoms with van der Waals surface area (Å²) in [5.74, 6) is 1.40. The molecule has 0 aliphatic carbocycles. The fraction of sp³-hybridized carbons (Fsp3) is 0.600. The lowest BCUT2D eigenvalue weighted by Crippen LogP contribution is -2.36. The zero-order chi connectivity index (χ0) is 38.5. The van der Waals surface area contributed by atoms with E-state index in [9.17, 15) is 22.8 Å². The molecule has 2 aliphatic rings. The number of hydrogen-bond acceptors (Lipinski definition) is 7. The highest BCUT2D eigenvalue weighted by atomic mass is 32.2. The zero-order valence-electron chi connectivity index (χ0n) is 32.3. The van der Waals surface area contributed by atoms with Gasteiger partial charge in [0, 0.05) is 36.9 Å². The number of hydrazone groups is 1. The summed E-state index contributed by atoms with van der Waals surface area (Å²) in [5, 5.41) is 16.5. The van der Waals surface area contributed by atoms with E-state index in [1.165, 1.54) is 6.21 Å². The molecule has 0 spiro atoms. The average molecular weight is 769 g/mol. The molecule has 0 aromatic heterocycles. The summed E-state index contributed by atoms with van der Waals surface area (Å²) in [5.41, 5.74) is 4.55. The lowest BCUT2D eigenvalue weighted by atomic mass is 9.89. The Labute approximate surface area is 321 Å². The van der Waals surface area contributed by atoms with Crippen molar-refractivity contribution in [3.05, 3.63) is 64.2 Å². The van der Waals surface area contributed by atoms with Crippen LogP contribution in [0.3, 0.4) is 0 Å². The molecule has 0 saturated carbocycles. The Morgan fingerprint density at radius 2 is 1.47 bits per heavy atom. The number of hydrogen-bond donors (Lipinski definition) is 5. The van der Waals surface area contributed by atoms with E-state index in [1.54, 1.807) is 0 Å². The second-order valence-electron chi connectivity index (χ2n) is 15.2. The van der Waals surface area contributed by atoms with Gasteiger partial charge in [0.05, 0.1) is 23.2 Å². The van der Waals surface area contributed by atoms with Crippen molar-refractivity contribution >= 4 is 45.8 Å². The minimum Gasteiger partial charge on any atom is -0.356 e. The maximum Gasteiger partial charge on any atom is 0.315 e. The Morgan fingerprint density at radius 3 is 2.09 bits per heavy atom. The Balaban J connectivity index is 1.08. The van der Waals surface area contributed by atoms with Gasteiger partial charge >= 0.3 is 6.03 Å². The third-order valence-corrected chi connectivity index (χ3v) is 12.8. The number of rotatable bonds is 21. The van der Waals surface area contributed by atoms with Crippen molar-refractivity contribution in [3.63, 3.8) is 0 Å². The average Bonchev–Trinajstić information content (AvgIpc) is 3.67. The van der Waals surface area contributed by atoms with Gasteiger partial charge in [-0.3, -0.25) is 9.59 Å². The van der Waals surface area contributed by atoms with Gasteiger partial charge in [0.1, 0.15) is 0 Å². The molecule has 5 N–H and O–H groups in total. The van der Waals surface area contributed by atoms with Gasteiger partial charge in [-0.05, 0) is 77.7 Å². The van der Waals surface area contributed by atoms with Gasteiger partial charge in [-0.1, -0.05) is 90.8 Å². The standard InChI is InChI=1S/C40H60N6O5S2/c1-26(2)31-22-32(27(3)4)39(33(23-31)28(5)6)53(50,51)46-43-24-30-17-15-29(16-18-30)19-21-42-37(48)13-8-7-11-20-41-36(47)14-10-9-12-35-38-34(25-52-35)44-40(49)45-38/h15-18,22-24,26-28,34-35,38,46H,7-14,19-21,25H2,1-6H3,(H,41,47)(H,42,48)(H2,44,45,49)/b43-24+/t34-,35-,38-/m0/s1. The largest absolute Gasteiger partial charge is 0.356 e. The van der Waals surface area contributed by atoms with Crippen LogP contribution in [0.25, 0.3) is 0 Å². The van der Waals surface area contributed by atoms with E-state index < -0.39 is 10.0 Å². The molecular weight excluding hydrogens is 709 g/mol. The van der Waals surface area contributed by atoms with E-state index in [-0.39, 0.29) is 47.7 Å². The van der Waals surface area contributed by atoms with Gasteiger partial charge < -0.3 is 21.3 Å². The number of nitrogens with zero attached hydrogens (tertiary/aromatic N) is 1. The maximum absolute atomic E-state index is 13.5. The zero-order valence-corrected chi connectivity index (χ0v) is 33.9. The number of thioether (sulfide) groups is 1. The van der Waals surface area contributed by atoms with Crippen LogP contribution in [0, 0.1) is 0 Å². The number of nitrogens with one attached hydrogen (secondary N) is 5. The number of benzene rings is 2. The van der Waals surface area contributed by atoms with Gasteiger partial charge in [-0.2, -0.15) is 25.3 Å². The fourth-order valence-corrected chi connectivity index (χ4v) is 9.83. The van der Waals surface area contributed by atoms with E-state index in [1.807, 2.05) is 75.9 Å². The summed E-state index contributed by atoms with van der Waals surface area (Å²) in [7, 11) is -3.89. The Morgan fingerprint density at radius 1 is 0.849 bits per heavy atom. The minimum atomic E-state index is -3.89. The smallest absolute Gasteiger partial charge is 0.315 e. The predicted molar refractivity (Wildman–Crippen MR) is 215 cm³/mol. The highest BCUT2D eigenvalue weighted by Crippen LogP contribution is 2.35. The van der Waals surface area contributed by atoms with Crippen molar-refractivity contribution in [1.29, 1.82) is 0 Å². The molecule has 4 amide bonds. The summed E-state index contributed by atoms with van der Waals surface area (Å²) in [6.07, 6.45) is 8.46. The van der Waals surface area contributed by atoms with Crippen LogP contribution in [0.2, 0.25) is 0 Å². The van der Waals surface area contributed by atoms with E-state index >= 15 is 0 Å². The lowest BCUT2D eigenvalue weighted by Gasteiger charge is -2.22. The van der Waals surface area contributed by atoms with Crippen molar-refractivity contribution < 1.29 is 22.8 Å². The minimum absolute atomic E-state index is 0.0184. The molecule has 2 aromatic carbocycles. The Kier molecular flexibility index (Phi) is 16.1. The number of carbonyl (C=O) groups excluding carboxylic acids is 3. The Hall–Kier alpha value is -3.58. The molecule has 3 atom stereocenters. The fourth-order valence-electron chi connectivity index (χ4n) is 6.80. The summed E-state index contributed by atoms with van der Waals surface area (Å²) in [4.78, 5) is 38.8.